The summed E-state index contributed by atoms with van der Waals surface area (Å²) in [5.74, 6) is 0.0238. The molecule has 2 atom stereocenters. The largest absolute Gasteiger partial charge is 0.368 e. The number of rotatable bonds is 7. The predicted octanol–water partition coefficient (Wildman–Crippen LogP) is 2.14. The van der Waals surface area contributed by atoms with Gasteiger partial charge in [-0.3, -0.25) is 4.79 Å². The molecule has 102 valence electrons. The Balaban J connectivity index is 0.00000289. The van der Waals surface area contributed by atoms with Crippen LogP contribution < -0.4 is 11.1 Å². The summed E-state index contributed by atoms with van der Waals surface area (Å²) in [7, 11) is 0. The fraction of sp³-hybridized carbons (Fsp3) is 0.500. The minimum absolute atomic E-state index is 0. The maximum absolute atomic E-state index is 11.3. The van der Waals surface area contributed by atoms with Gasteiger partial charge in [-0.15, -0.1) is 12.4 Å². The molecule has 3 nitrogen and oxygen atoms in total. The monoisotopic (exact) mass is 270 g/mol. The molecule has 0 radical (unpaired) electrons. The summed E-state index contributed by atoms with van der Waals surface area (Å²) in [6.45, 7) is 4.90. The van der Waals surface area contributed by atoms with Crippen molar-refractivity contribution in [3.63, 3.8) is 0 Å². The number of primary amides is 1. The second kappa shape index (κ2) is 8.95. The van der Waals surface area contributed by atoms with Crippen molar-refractivity contribution in [3.05, 3.63) is 35.9 Å². The minimum Gasteiger partial charge on any atom is -0.368 e. The van der Waals surface area contributed by atoms with Crippen LogP contribution in [0.2, 0.25) is 0 Å². The van der Waals surface area contributed by atoms with E-state index < -0.39 is 0 Å². The maximum Gasteiger partial charge on any atom is 0.234 e. The molecule has 0 fully saturated rings. The lowest BCUT2D eigenvalue weighted by molar-refractivity contribution is -0.121. The molecule has 1 rings (SSSR count). The molecule has 0 saturated carbocycles. The van der Waals surface area contributed by atoms with Crippen molar-refractivity contribution in [1.29, 1.82) is 0 Å². The van der Waals surface area contributed by atoms with Gasteiger partial charge in [0.2, 0.25) is 5.91 Å². The van der Waals surface area contributed by atoms with Gasteiger partial charge in [0, 0.05) is 0 Å². The highest BCUT2D eigenvalue weighted by molar-refractivity contribution is 5.85. The Morgan fingerprint density at radius 2 is 1.94 bits per heavy atom. The number of hydrogen-bond donors (Lipinski definition) is 2. The highest BCUT2D eigenvalue weighted by Gasteiger charge is 2.20. The zero-order valence-electron chi connectivity index (χ0n) is 11.1. The topological polar surface area (TPSA) is 55.1 Å². The molecular formula is C14H23ClN2O. The van der Waals surface area contributed by atoms with Crippen LogP contribution >= 0.6 is 12.4 Å². The number of hydrogen-bond acceptors (Lipinski definition) is 2. The normalized spacial score (nSPS) is 13.4. The van der Waals surface area contributed by atoms with Gasteiger partial charge in [-0.1, -0.05) is 50.6 Å². The molecule has 4 heteroatoms. The summed E-state index contributed by atoms with van der Waals surface area (Å²) in [4.78, 5) is 11.3. The molecule has 1 aromatic carbocycles. The molecule has 18 heavy (non-hydrogen) atoms. The molecule has 0 heterocycles. The Bertz CT molecular complexity index is 343. The maximum atomic E-state index is 11.3. The van der Waals surface area contributed by atoms with Crippen molar-refractivity contribution < 1.29 is 4.79 Å². The second-order valence-electron chi connectivity index (χ2n) is 4.46. The van der Waals surface area contributed by atoms with Gasteiger partial charge in [-0.2, -0.15) is 0 Å². The molecule has 0 bridgehead atoms. The second-order valence-corrected chi connectivity index (χ2v) is 4.46. The molecule has 0 spiro atoms. The lowest BCUT2D eigenvalue weighted by Gasteiger charge is -2.21. The van der Waals surface area contributed by atoms with Gasteiger partial charge in [0.1, 0.15) is 0 Å². The summed E-state index contributed by atoms with van der Waals surface area (Å²) in [6, 6.07) is 10.0. The first kappa shape index (κ1) is 16.9. The number of amides is 1. The van der Waals surface area contributed by atoms with Gasteiger partial charge < -0.3 is 11.1 Å². The number of benzene rings is 1. The van der Waals surface area contributed by atoms with E-state index in [-0.39, 0.29) is 30.3 Å². The van der Waals surface area contributed by atoms with Crippen LogP contribution in [-0.4, -0.2) is 18.5 Å². The van der Waals surface area contributed by atoms with Crippen LogP contribution in [0.15, 0.2) is 30.3 Å². The van der Waals surface area contributed by atoms with E-state index >= 15 is 0 Å². The van der Waals surface area contributed by atoms with Crippen molar-refractivity contribution in [2.45, 2.75) is 32.7 Å². The van der Waals surface area contributed by atoms with Crippen LogP contribution in [0.1, 0.15) is 25.8 Å². The van der Waals surface area contributed by atoms with E-state index in [1.54, 1.807) is 0 Å². The quantitative estimate of drug-likeness (QED) is 0.798. The third-order valence-electron chi connectivity index (χ3n) is 3.14. The number of nitrogens with one attached hydrogen (secondary N) is 1. The zero-order valence-corrected chi connectivity index (χ0v) is 11.9. The summed E-state index contributed by atoms with van der Waals surface area (Å²) in [5.41, 5.74) is 6.66. The number of carbonyl (C=O) groups excluding carboxylic acids is 1. The molecule has 0 unspecified atom stereocenters. The average molecular weight is 271 g/mol. The van der Waals surface area contributed by atoms with E-state index in [1.165, 1.54) is 5.56 Å². The SMILES string of the molecule is CC[C@H](C)[C@H](NCCc1ccccc1)C(N)=O.Cl. The van der Waals surface area contributed by atoms with E-state index in [2.05, 4.69) is 24.4 Å². The van der Waals surface area contributed by atoms with Crippen LogP contribution in [0.5, 0.6) is 0 Å². The van der Waals surface area contributed by atoms with E-state index in [0.717, 1.165) is 19.4 Å². The Hall–Kier alpha value is -1.06. The molecule has 0 aromatic heterocycles. The number of nitrogens with two attached hydrogens (primary N) is 1. The molecule has 0 aliphatic heterocycles. The fourth-order valence-electron chi connectivity index (χ4n) is 1.83. The zero-order chi connectivity index (χ0) is 12.7. The summed E-state index contributed by atoms with van der Waals surface area (Å²) < 4.78 is 0. The average Bonchev–Trinajstić information content (AvgIpc) is 2.34. The van der Waals surface area contributed by atoms with E-state index in [4.69, 9.17) is 5.73 Å². The van der Waals surface area contributed by atoms with Crippen molar-refractivity contribution in [3.8, 4) is 0 Å². The summed E-state index contributed by atoms with van der Waals surface area (Å²) >= 11 is 0. The van der Waals surface area contributed by atoms with Gasteiger partial charge in [0.15, 0.2) is 0 Å². The number of carbonyl (C=O) groups is 1. The first-order chi connectivity index (χ1) is 8.15. The molecule has 0 aliphatic rings. The predicted molar refractivity (Wildman–Crippen MR) is 77.8 cm³/mol. The highest BCUT2D eigenvalue weighted by atomic mass is 35.5. The van der Waals surface area contributed by atoms with E-state index in [0.29, 0.717) is 0 Å². The van der Waals surface area contributed by atoms with Crippen molar-refractivity contribution >= 4 is 18.3 Å². The summed E-state index contributed by atoms with van der Waals surface area (Å²) in [5, 5.41) is 3.24. The van der Waals surface area contributed by atoms with Crippen molar-refractivity contribution in [1.82, 2.24) is 5.32 Å². The van der Waals surface area contributed by atoms with Gasteiger partial charge >= 0.3 is 0 Å². The Labute approximate surface area is 116 Å². The Morgan fingerprint density at radius 1 is 1.33 bits per heavy atom. The van der Waals surface area contributed by atoms with E-state index in [1.807, 2.05) is 25.1 Å². The van der Waals surface area contributed by atoms with Gasteiger partial charge in [-0.25, -0.2) is 0 Å². The number of halogens is 1. The fourth-order valence-corrected chi connectivity index (χ4v) is 1.83. The summed E-state index contributed by atoms with van der Waals surface area (Å²) in [6.07, 6.45) is 1.87. The van der Waals surface area contributed by atoms with Crippen LogP contribution in [0.3, 0.4) is 0 Å². The Kier molecular flexibility index (Phi) is 8.42. The smallest absolute Gasteiger partial charge is 0.234 e. The van der Waals surface area contributed by atoms with Crippen LogP contribution in [0, 0.1) is 5.92 Å². The Morgan fingerprint density at radius 3 is 2.44 bits per heavy atom. The first-order valence-electron chi connectivity index (χ1n) is 6.21. The molecular weight excluding hydrogens is 248 g/mol. The first-order valence-corrected chi connectivity index (χ1v) is 6.21. The lowest BCUT2D eigenvalue weighted by Crippen LogP contribution is -2.46. The third-order valence-corrected chi connectivity index (χ3v) is 3.14. The van der Waals surface area contributed by atoms with Crippen molar-refractivity contribution in [2.24, 2.45) is 11.7 Å². The van der Waals surface area contributed by atoms with Gasteiger partial charge in [0.05, 0.1) is 6.04 Å². The lowest BCUT2D eigenvalue weighted by atomic mass is 9.98. The van der Waals surface area contributed by atoms with Gasteiger partial charge in [-0.05, 0) is 24.4 Å². The molecule has 1 amide bonds. The third kappa shape index (κ3) is 5.52. The minimum atomic E-state index is -0.257. The van der Waals surface area contributed by atoms with Crippen LogP contribution in [0.25, 0.3) is 0 Å². The molecule has 1 aromatic rings. The molecule has 0 saturated heterocycles. The molecule has 3 N–H and O–H groups in total. The van der Waals surface area contributed by atoms with Crippen LogP contribution in [0.4, 0.5) is 0 Å². The molecule has 0 aliphatic carbocycles. The van der Waals surface area contributed by atoms with Crippen molar-refractivity contribution in [2.75, 3.05) is 6.54 Å². The van der Waals surface area contributed by atoms with Crippen LogP contribution in [-0.2, 0) is 11.2 Å². The van der Waals surface area contributed by atoms with E-state index in [9.17, 15) is 4.79 Å². The standard InChI is InChI=1S/C14H22N2O.ClH/c1-3-11(2)13(14(15)17)16-10-9-12-7-5-4-6-8-12;/h4-8,11,13,16H,3,9-10H2,1-2H3,(H2,15,17);1H/t11-,13-;/m0./s1. The van der Waals surface area contributed by atoms with Gasteiger partial charge in [0.25, 0.3) is 0 Å². The highest BCUT2D eigenvalue weighted by Crippen LogP contribution is 2.07.